The summed E-state index contributed by atoms with van der Waals surface area (Å²) in [6, 6.07) is 6.37. The molecule has 2 aliphatic rings. The highest BCUT2D eigenvalue weighted by Crippen LogP contribution is 2.33. The van der Waals surface area contributed by atoms with E-state index in [4.69, 9.17) is 4.74 Å². The van der Waals surface area contributed by atoms with Crippen molar-refractivity contribution in [3.63, 3.8) is 0 Å². The molecule has 0 atom stereocenters. The van der Waals surface area contributed by atoms with Crippen LogP contribution in [0, 0.1) is 5.92 Å². The third-order valence-corrected chi connectivity index (χ3v) is 4.29. The van der Waals surface area contributed by atoms with Gasteiger partial charge in [0, 0.05) is 38.4 Å². The van der Waals surface area contributed by atoms with Gasteiger partial charge >= 0.3 is 0 Å². The van der Waals surface area contributed by atoms with Crippen molar-refractivity contribution >= 4 is 12.0 Å². The zero-order valence-corrected chi connectivity index (χ0v) is 11.3. The second kappa shape index (κ2) is 5.74. The molecule has 0 spiro atoms. The van der Waals surface area contributed by atoms with Gasteiger partial charge in [0.05, 0.1) is 0 Å². The molecule has 2 aliphatic heterocycles. The standard InChI is InChI=1S/C16H21NO2/c18-9-5-15-3-1-2-14-4-8-17(16(14)15)12-13-6-10-19-11-7-13/h1-3,9,13H,4-8,10-12H2. The monoisotopic (exact) mass is 259 g/mol. The Hall–Kier alpha value is -1.35. The molecule has 2 heterocycles. The topological polar surface area (TPSA) is 29.5 Å². The van der Waals surface area contributed by atoms with E-state index in [0.717, 1.165) is 44.9 Å². The Morgan fingerprint density at radius 3 is 2.95 bits per heavy atom. The van der Waals surface area contributed by atoms with E-state index in [1.807, 2.05) is 0 Å². The molecule has 1 saturated heterocycles. The van der Waals surface area contributed by atoms with Crippen molar-refractivity contribution in [2.24, 2.45) is 5.92 Å². The fraction of sp³-hybridized carbons (Fsp3) is 0.562. The summed E-state index contributed by atoms with van der Waals surface area (Å²) >= 11 is 0. The van der Waals surface area contributed by atoms with Crippen LogP contribution in [0.5, 0.6) is 0 Å². The Bertz CT molecular complexity index is 452. The molecule has 19 heavy (non-hydrogen) atoms. The second-order valence-corrected chi connectivity index (χ2v) is 5.55. The maximum atomic E-state index is 10.8. The minimum Gasteiger partial charge on any atom is -0.381 e. The minimum atomic E-state index is 0.535. The molecular weight excluding hydrogens is 238 g/mol. The molecule has 0 unspecified atom stereocenters. The van der Waals surface area contributed by atoms with Crippen LogP contribution >= 0.6 is 0 Å². The van der Waals surface area contributed by atoms with Crippen LogP contribution < -0.4 is 4.90 Å². The maximum Gasteiger partial charge on any atom is 0.124 e. The van der Waals surface area contributed by atoms with Crippen molar-refractivity contribution in [2.45, 2.75) is 25.7 Å². The predicted molar refractivity (Wildman–Crippen MR) is 75.7 cm³/mol. The van der Waals surface area contributed by atoms with Gasteiger partial charge in [-0.1, -0.05) is 18.2 Å². The molecular formula is C16H21NO2. The van der Waals surface area contributed by atoms with Gasteiger partial charge in [0.15, 0.2) is 0 Å². The normalized spacial score (nSPS) is 19.5. The lowest BCUT2D eigenvalue weighted by molar-refractivity contribution is -0.107. The zero-order chi connectivity index (χ0) is 13.1. The number of hydrogen-bond donors (Lipinski definition) is 0. The third-order valence-electron chi connectivity index (χ3n) is 4.29. The number of carbonyl (C=O) groups excluding carboxylic acids is 1. The number of nitrogens with zero attached hydrogens (tertiary/aromatic N) is 1. The average molecular weight is 259 g/mol. The van der Waals surface area contributed by atoms with Gasteiger partial charge in [0.2, 0.25) is 0 Å². The zero-order valence-electron chi connectivity index (χ0n) is 11.3. The molecule has 0 aliphatic carbocycles. The Morgan fingerprint density at radius 1 is 1.32 bits per heavy atom. The fourth-order valence-electron chi connectivity index (χ4n) is 3.30. The van der Waals surface area contributed by atoms with E-state index in [9.17, 15) is 4.79 Å². The lowest BCUT2D eigenvalue weighted by Gasteiger charge is -2.29. The van der Waals surface area contributed by atoms with E-state index in [-0.39, 0.29) is 0 Å². The highest BCUT2D eigenvalue weighted by atomic mass is 16.5. The van der Waals surface area contributed by atoms with Crippen LogP contribution in [0.4, 0.5) is 5.69 Å². The molecule has 0 radical (unpaired) electrons. The molecule has 0 saturated carbocycles. The molecule has 1 aromatic rings. The van der Waals surface area contributed by atoms with Crippen LogP contribution in [-0.2, 0) is 22.4 Å². The number of carbonyl (C=O) groups is 1. The van der Waals surface area contributed by atoms with Gasteiger partial charge in [-0.25, -0.2) is 0 Å². The Kier molecular flexibility index (Phi) is 3.83. The van der Waals surface area contributed by atoms with E-state index in [1.165, 1.54) is 29.7 Å². The number of aldehydes is 1. The Balaban J connectivity index is 1.77. The largest absolute Gasteiger partial charge is 0.381 e. The van der Waals surface area contributed by atoms with Crippen LogP contribution in [0.2, 0.25) is 0 Å². The molecule has 102 valence electrons. The predicted octanol–water partition coefficient (Wildman–Crippen LogP) is 2.22. The number of fused-ring (bicyclic) bond motifs is 1. The van der Waals surface area contributed by atoms with E-state index in [2.05, 4.69) is 23.1 Å². The molecule has 0 N–H and O–H groups in total. The van der Waals surface area contributed by atoms with Crippen molar-refractivity contribution in [3.8, 4) is 0 Å². The number of ether oxygens (including phenoxy) is 1. The summed E-state index contributed by atoms with van der Waals surface area (Å²) in [7, 11) is 0. The first-order valence-electron chi connectivity index (χ1n) is 7.25. The van der Waals surface area contributed by atoms with Gasteiger partial charge in [-0.05, 0) is 36.3 Å². The number of benzene rings is 1. The van der Waals surface area contributed by atoms with Crippen LogP contribution in [0.3, 0.4) is 0 Å². The van der Waals surface area contributed by atoms with Gasteiger partial charge in [-0.2, -0.15) is 0 Å². The first kappa shape index (κ1) is 12.7. The first-order valence-corrected chi connectivity index (χ1v) is 7.25. The van der Waals surface area contributed by atoms with E-state index in [1.54, 1.807) is 0 Å². The van der Waals surface area contributed by atoms with Crippen LogP contribution in [0.1, 0.15) is 24.0 Å². The van der Waals surface area contributed by atoms with Gasteiger partial charge in [0.1, 0.15) is 6.29 Å². The van der Waals surface area contributed by atoms with Crippen molar-refractivity contribution < 1.29 is 9.53 Å². The highest BCUT2D eigenvalue weighted by molar-refractivity contribution is 5.69. The highest BCUT2D eigenvalue weighted by Gasteiger charge is 2.25. The number of anilines is 1. The third kappa shape index (κ3) is 2.66. The molecule has 3 nitrogen and oxygen atoms in total. The summed E-state index contributed by atoms with van der Waals surface area (Å²) in [5.74, 6) is 0.740. The molecule has 1 fully saturated rings. The van der Waals surface area contributed by atoms with Crippen molar-refractivity contribution in [2.75, 3.05) is 31.2 Å². The van der Waals surface area contributed by atoms with Crippen molar-refractivity contribution in [3.05, 3.63) is 29.3 Å². The van der Waals surface area contributed by atoms with E-state index in [0.29, 0.717) is 6.42 Å². The van der Waals surface area contributed by atoms with Crippen LogP contribution in [0.25, 0.3) is 0 Å². The molecule has 1 aromatic carbocycles. The number of rotatable bonds is 4. The molecule has 0 aromatic heterocycles. The summed E-state index contributed by atoms with van der Waals surface area (Å²) in [5.41, 5.74) is 3.93. The van der Waals surface area contributed by atoms with Gasteiger partial charge in [0.25, 0.3) is 0 Å². The average Bonchev–Trinajstić information content (AvgIpc) is 2.85. The molecule has 0 bridgehead atoms. The molecule has 3 heteroatoms. The summed E-state index contributed by atoms with van der Waals surface area (Å²) in [6.07, 6.45) is 5.00. The summed E-state index contributed by atoms with van der Waals surface area (Å²) < 4.78 is 5.43. The van der Waals surface area contributed by atoms with Gasteiger partial charge in [-0.3, -0.25) is 0 Å². The smallest absolute Gasteiger partial charge is 0.124 e. The van der Waals surface area contributed by atoms with Crippen LogP contribution in [0.15, 0.2) is 18.2 Å². The molecule has 0 amide bonds. The SMILES string of the molecule is O=CCc1cccc2c1N(CC1CCOCC1)CC2. The van der Waals surface area contributed by atoms with E-state index >= 15 is 0 Å². The Morgan fingerprint density at radius 2 is 2.16 bits per heavy atom. The summed E-state index contributed by atoms with van der Waals surface area (Å²) in [4.78, 5) is 13.3. The second-order valence-electron chi connectivity index (χ2n) is 5.55. The number of hydrogen-bond acceptors (Lipinski definition) is 3. The lowest BCUT2D eigenvalue weighted by atomic mass is 9.99. The maximum absolute atomic E-state index is 10.8. The number of para-hydroxylation sites is 1. The first-order chi connectivity index (χ1) is 9.38. The Labute approximate surface area is 114 Å². The van der Waals surface area contributed by atoms with Gasteiger partial charge < -0.3 is 14.4 Å². The van der Waals surface area contributed by atoms with E-state index < -0.39 is 0 Å². The fourth-order valence-corrected chi connectivity index (χ4v) is 3.30. The lowest BCUT2D eigenvalue weighted by Crippen LogP contribution is -2.31. The molecule has 3 rings (SSSR count). The van der Waals surface area contributed by atoms with Crippen LogP contribution in [-0.4, -0.2) is 32.6 Å². The van der Waals surface area contributed by atoms with Crippen molar-refractivity contribution in [1.29, 1.82) is 0 Å². The quantitative estimate of drug-likeness (QED) is 0.777. The van der Waals surface area contributed by atoms with Gasteiger partial charge in [-0.15, -0.1) is 0 Å². The van der Waals surface area contributed by atoms with Crippen molar-refractivity contribution in [1.82, 2.24) is 0 Å². The minimum absolute atomic E-state index is 0.535. The summed E-state index contributed by atoms with van der Waals surface area (Å²) in [6.45, 7) is 4.03. The summed E-state index contributed by atoms with van der Waals surface area (Å²) in [5, 5.41) is 0.